The van der Waals surface area contributed by atoms with Gasteiger partial charge in [0.15, 0.2) is 0 Å². The first-order valence-corrected chi connectivity index (χ1v) is 13.5. The molecule has 0 aromatic rings. The van der Waals surface area contributed by atoms with Gasteiger partial charge in [0.2, 0.25) is 0 Å². The van der Waals surface area contributed by atoms with Crippen molar-refractivity contribution in [1.82, 2.24) is 0 Å². The Labute approximate surface area is 181 Å². The normalized spacial score (nSPS) is 38.9. The molecule has 28 heavy (non-hydrogen) atoms. The Morgan fingerprint density at radius 3 is 2.04 bits per heavy atom. The third-order valence-electron chi connectivity index (χ3n) is 9.94. The molecule has 2 rings (SSSR count). The summed E-state index contributed by atoms with van der Waals surface area (Å²) in [7, 11) is 3.34. The molecule has 0 aromatic heterocycles. The molecular weight excluding hydrogens is 355 g/mol. The van der Waals surface area contributed by atoms with Crippen LogP contribution in [0.3, 0.4) is 0 Å². The lowest BCUT2D eigenvalue weighted by Crippen LogP contribution is -2.40. The van der Waals surface area contributed by atoms with Gasteiger partial charge >= 0.3 is 0 Å². The molecule has 0 saturated heterocycles. The van der Waals surface area contributed by atoms with Crippen molar-refractivity contribution in [2.45, 2.75) is 125 Å². The summed E-state index contributed by atoms with van der Waals surface area (Å²) in [5, 5.41) is 0. The minimum atomic E-state index is 0.538. The van der Waals surface area contributed by atoms with Crippen LogP contribution in [0.25, 0.3) is 0 Å². The maximum Gasteiger partial charge on any atom is -0.0230 e. The third-order valence-corrected chi connectivity index (χ3v) is 10.7. The predicted octanol–water partition coefficient (Wildman–Crippen LogP) is 8.99. The molecule has 166 valence electrons. The first-order valence-electron chi connectivity index (χ1n) is 12.9. The molecular formula is C27H53P. The van der Waals surface area contributed by atoms with E-state index in [2.05, 4.69) is 64.6 Å². The Morgan fingerprint density at radius 2 is 1.50 bits per heavy atom. The highest BCUT2D eigenvalue weighted by molar-refractivity contribution is 7.17. The van der Waals surface area contributed by atoms with Crippen molar-refractivity contribution in [3.63, 3.8) is 0 Å². The van der Waals surface area contributed by atoms with Crippen LogP contribution in [-0.4, -0.2) is 5.66 Å². The largest absolute Gasteiger partial charge is 0.134 e. The van der Waals surface area contributed by atoms with Gasteiger partial charge in [0.25, 0.3) is 0 Å². The van der Waals surface area contributed by atoms with Crippen LogP contribution in [0.1, 0.15) is 120 Å². The molecule has 0 aromatic carbocycles. The molecule has 0 nitrogen and oxygen atoms in total. The second-order valence-corrected chi connectivity index (χ2v) is 12.8. The van der Waals surface area contributed by atoms with Crippen LogP contribution in [0.15, 0.2) is 0 Å². The van der Waals surface area contributed by atoms with Gasteiger partial charge in [-0.25, -0.2) is 0 Å². The maximum absolute atomic E-state index is 3.34. The lowest BCUT2D eigenvalue weighted by atomic mass is 9.58. The summed E-state index contributed by atoms with van der Waals surface area (Å²) >= 11 is 0. The summed E-state index contributed by atoms with van der Waals surface area (Å²) in [5.41, 5.74) is 1.92. The van der Waals surface area contributed by atoms with Crippen LogP contribution in [0.4, 0.5) is 0 Å². The van der Waals surface area contributed by atoms with E-state index in [1.54, 1.807) is 0 Å². The van der Waals surface area contributed by atoms with Crippen molar-refractivity contribution < 1.29 is 0 Å². The number of hydrogen-bond donors (Lipinski definition) is 0. The number of rotatable bonds is 8. The Bertz CT molecular complexity index is 467. The fourth-order valence-corrected chi connectivity index (χ4v) is 8.29. The van der Waals surface area contributed by atoms with Gasteiger partial charge in [0.05, 0.1) is 0 Å². The summed E-state index contributed by atoms with van der Waals surface area (Å²) in [6.45, 7) is 20.2. The monoisotopic (exact) mass is 408 g/mol. The zero-order valence-corrected chi connectivity index (χ0v) is 21.8. The molecule has 2 aliphatic carbocycles. The van der Waals surface area contributed by atoms with Gasteiger partial charge in [-0.1, -0.05) is 74.7 Å². The minimum absolute atomic E-state index is 0.538. The van der Waals surface area contributed by atoms with Crippen molar-refractivity contribution in [2.75, 3.05) is 0 Å². The van der Waals surface area contributed by atoms with E-state index in [-0.39, 0.29) is 0 Å². The lowest BCUT2D eigenvalue weighted by molar-refractivity contribution is 0.0270. The first-order chi connectivity index (χ1) is 13.1. The standard InChI is InChI=1S/C27H53P/c1-9-21(10-2)16-25(28)23(11-3)24-13-15-26(7)14-12-22(19(4)5)18-27(24,8)17-20(26)6/h19-25H,9-18,28H2,1-8H3. The van der Waals surface area contributed by atoms with E-state index in [1.165, 1.54) is 64.2 Å². The van der Waals surface area contributed by atoms with Gasteiger partial charge in [-0.3, -0.25) is 0 Å². The predicted molar refractivity (Wildman–Crippen MR) is 131 cm³/mol. The fraction of sp³-hybridized carbons (Fsp3) is 1.00. The lowest BCUT2D eigenvalue weighted by Gasteiger charge is -2.48. The average molecular weight is 409 g/mol. The molecule has 0 amide bonds. The Balaban J connectivity index is 2.35. The number of hydrogen-bond acceptors (Lipinski definition) is 0. The molecule has 0 N–H and O–H groups in total. The van der Waals surface area contributed by atoms with Crippen molar-refractivity contribution in [3.8, 4) is 0 Å². The molecule has 8 unspecified atom stereocenters. The van der Waals surface area contributed by atoms with Crippen LogP contribution >= 0.6 is 9.24 Å². The smallest absolute Gasteiger partial charge is 0.0230 e. The third kappa shape index (κ3) is 5.37. The molecule has 0 heterocycles. The van der Waals surface area contributed by atoms with E-state index >= 15 is 0 Å². The van der Waals surface area contributed by atoms with Gasteiger partial charge in [0, 0.05) is 0 Å². The highest BCUT2D eigenvalue weighted by atomic mass is 31.0. The molecule has 8 atom stereocenters. The molecule has 2 saturated carbocycles. The Kier molecular flexibility index (Phi) is 8.96. The summed E-state index contributed by atoms with van der Waals surface area (Å²) in [5.74, 6) is 5.37. The zero-order chi connectivity index (χ0) is 21.1. The molecule has 0 spiro atoms. The molecule has 1 heteroatoms. The highest BCUT2D eigenvalue weighted by Gasteiger charge is 2.50. The second kappa shape index (κ2) is 10.2. The fourth-order valence-electron chi connectivity index (χ4n) is 7.37. The number of fused-ring (bicyclic) bond motifs is 3. The van der Waals surface area contributed by atoms with Gasteiger partial charge in [-0.2, -0.15) is 0 Å². The van der Waals surface area contributed by atoms with Gasteiger partial charge < -0.3 is 0 Å². The maximum atomic E-state index is 3.34. The van der Waals surface area contributed by atoms with E-state index in [9.17, 15) is 0 Å². The summed E-state index contributed by atoms with van der Waals surface area (Å²) in [4.78, 5) is 0. The topological polar surface area (TPSA) is 0 Å². The van der Waals surface area contributed by atoms with Crippen molar-refractivity contribution in [1.29, 1.82) is 0 Å². The summed E-state index contributed by atoms with van der Waals surface area (Å²) < 4.78 is 0. The van der Waals surface area contributed by atoms with Crippen LogP contribution < -0.4 is 0 Å². The van der Waals surface area contributed by atoms with Crippen LogP contribution in [0.5, 0.6) is 0 Å². The first kappa shape index (κ1) is 24.7. The van der Waals surface area contributed by atoms with E-state index < -0.39 is 0 Å². The second-order valence-electron chi connectivity index (χ2n) is 12.0. The van der Waals surface area contributed by atoms with Crippen molar-refractivity contribution in [2.24, 2.45) is 46.3 Å². The van der Waals surface area contributed by atoms with Crippen molar-refractivity contribution in [3.05, 3.63) is 0 Å². The van der Waals surface area contributed by atoms with E-state index in [4.69, 9.17) is 0 Å². The van der Waals surface area contributed by atoms with Gasteiger partial charge in [0.1, 0.15) is 0 Å². The summed E-state index contributed by atoms with van der Waals surface area (Å²) in [6.07, 6.45) is 14.3. The summed E-state index contributed by atoms with van der Waals surface area (Å²) in [6, 6.07) is 0. The van der Waals surface area contributed by atoms with Crippen LogP contribution in [-0.2, 0) is 0 Å². The average Bonchev–Trinajstić information content (AvgIpc) is 2.69. The van der Waals surface area contributed by atoms with E-state index in [0.717, 1.165) is 41.2 Å². The Morgan fingerprint density at radius 1 is 0.893 bits per heavy atom. The molecule has 2 fully saturated rings. The van der Waals surface area contributed by atoms with Crippen LogP contribution in [0, 0.1) is 46.3 Å². The minimum Gasteiger partial charge on any atom is -0.134 e. The molecule has 0 radical (unpaired) electrons. The van der Waals surface area contributed by atoms with Gasteiger partial charge in [-0.05, 0) is 96.9 Å². The van der Waals surface area contributed by atoms with Crippen LogP contribution in [0.2, 0.25) is 0 Å². The molecule has 2 aliphatic rings. The molecule has 2 bridgehead atoms. The van der Waals surface area contributed by atoms with E-state index in [1.807, 2.05) is 0 Å². The van der Waals surface area contributed by atoms with Crippen molar-refractivity contribution >= 4 is 9.24 Å². The highest BCUT2D eigenvalue weighted by Crippen LogP contribution is 2.59. The Hall–Kier alpha value is 0.430. The quantitative estimate of drug-likeness (QED) is 0.351. The van der Waals surface area contributed by atoms with Gasteiger partial charge in [-0.15, -0.1) is 9.24 Å². The molecule has 0 aliphatic heterocycles. The zero-order valence-electron chi connectivity index (χ0n) is 20.7. The SMILES string of the molecule is CCC(CC)CC(P)C(CC)C1CCC2(C)CCC(C(C)C)CC1(C)CC2C. The van der Waals surface area contributed by atoms with E-state index in [0.29, 0.717) is 10.8 Å².